The molecule has 3 aromatic rings. The second kappa shape index (κ2) is 12.4. The van der Waals surface area contributed by atoms with Gasteiger partial charge < -0.3 is 19.3 Å². The van der Waals surface area contributed by atoms with Crippen LogP contribution in [0.3, 0.4) is 0 Å². The normalized spacial score (nSPS) is 14.2. The number of ether oxygens (including phenoxy) is 2. The molecule has 3 heterocycles. The van der Waals surface area contributed by atoms with Gasteiger partial charge in [0.1, 0.15) is 11.4 Å². The van der Waals surface area contributed by atoms with Gasteiger partial charge in [-0.1, -0.05) is 23.2 Å². The van der Waals surface area contributed by atoms with Gasteiger partial charge in [-0.15, -0.1) is 0 Å². The molecule has 1 fully saturated rings. The number of piperazine rings is 1. The molecule has 1 amide bonds. The van der Waals surface area contributed by atoms with E-state index in [1.165, 1.54) is 6.20 Å². The molecule has 1 aliphatic rings. The van der Waals surface area contributed by atoms with Crippen molar-refractivity contribution in [2.24, 2.45) is 0 Å². The fourth-order valence-electron chi connectivity index (χ4n) is 3.97. The third-order valence-corrected chi connectivity index (χ3v) is 6.98. The number of rotatable bonds is 7. The van der Waals surface area contributed by atoms with Crippen LogP contribution in [0, 0.1) is 6.92 Å². The van der Waals surface area contributed by atoms with E-state index >= 15 is 0 Å². The van der Waals surface area contributed by atoms with Gasteiger partial charge in [0.2, 0.25) is 11.8 Å². The SMILES string of the molecule is Cc1c(COS(C)(=O)=O)cc(-c2cc(Cl)cc(Cl)c2)nc1Oc1cnc(N2CCN(C(=O)OC(C)(C)C)CC2)cn1. The summed E-state index contributed by atoms with van der Waals surface area (Å²) in [5, 5.41) is 0.833. The number of aromatic nitrogens is 3. The summed E-state index contributed by atoms with van der Waals surface area (Å²) < 4.78 is 39.8. The summed E-state index contributed by atoms with van der Waals surface area (Å²) in [5.41, 5.74) is 1.62. The third kappa shape index (κ3) is 8.65. The molecule has 0 aliphatic carbocycles. The van der Waals surface area contributed by atoms with E-state index in [1.54, 1.807) is 42.3 Å². The van der Waals surface area contributed by atoms with Crippen LogP contribution in [0.4, 0.5) is 10.6 Å². The number of hydrogen-bond acceptors (Lipinski definition) is 10. The van der Waals surface area contributed by atoms with Crippen molar-refractivity contribution in [3.05, 3.63) is 57.8 Å². The van der Waals surface area contributed by atoms with Crippen molar-refractivity contribution in [1.82, 2.24) is 19.9 Å². The number of carbonyl (C=O) groups excluding carboxylic acids is 1. The summed E-state index contributed by atoms with van der Waals surface area (Å²) in [4.78, 5) is 29.5. The summed E-state index contributed by atoms with van der Waals surface area (Å²) in [6.07, 6.45) is 3.71. The van der Waals surface area contributed by atoms with E-state index in [1.807, 2.05) is 25.7 Å². The quantitative estimate of drug-likeness (QED) is 0.312. The molecule has 11 nitrogen and oxygen atoms in total. The van der Waals surface area contributed by atoms with Crippen LogP contribution in [0.25, 0.3) is 11.3 Å². The van der Waals surface area contributed by atoms with Crippen molar-refractivity contribution in [3.63, 3.8) is 0 Å². The zero-order valence-electron chi connectivity index (χ0n) is 23.3. The van der Waals surface area contributed by atoms with Crippen molar-refractivity contribution in [2.75, 3.05) is 37.3 Å². The predicted molar refractivity (Wildman–Crippen MR) is 156 cm³/mol. The van der Waals surface area contributed by atoms with Crippen molar-refractivity contribution < 1.29 is 26.9 Å². The molecular weight excluding hydrogens is 593 g/mol. The Labute approximate surface area is 249 Å². The molecule has 14 heteroatoms. The maximum absolute atomic E-state index is 12.3. The molecule has 1 aliphatic heterocycles. The summed E-state index contributed by atoms with van der Waals surface area (Å²) in [5.74, 6) is 1.02. The highest BCUT2D eigenvalue weighted by molar-refractivity contribution is 7.85. The first-order valence-electron chi connectivity index (χ1n) is 12.7. The summed E-state index contributed by atoms with van der Waals surface area (Å²) >= 11 is 12.4. The summed E-state index contributed by atoms with van der Waals surface area (Å²) in [6.45, 7) is 9.17. The van der Waals surface area contributed by atoms with Crippen LogP contribution in [0.2, 0.25) is 10.0 Å². The molecule has 1 saturated heterocycles. The van der Waals surface area contributed by atoms with Gasteiger partial charge in [-0.3, -0.25) is 4.18 Å². The topological polar surface area (TPSA) is 124 Å². The molecule has 2 aromatic heterocycles. The van der Waals surface area contributed by atoms with E-state index in [0.717, 1.165) is 6.26 Å². The average Bonchev–Trinajstić information content (AvgIpc) is 2.87. The number of anilines is 1. The van der Waals surface area contributed by atoms with Gasteiger partial charge >= 0.3 is 6.09 Å². The molecule has 1 aromatic carbocycles. The Kier molecular flexibility index (Phi) is 9.27. The number of amides is 1. The third-order valence-electron chi connectivity index (χ3n) is 5.99. The number of carbonyl (C=O) groups is 1. The molecule has 4 rings (SSSR count). The lowest BCUT2D eigenvalue weighted by atomic mass is 10.1. The molecule has 0 spiro atoms. The van der Waals surface area contributed by atoms with Crippen LogP contribution in [0.5, 0.6) is 11.8 Å². The number of benzene rings is 1. The number of nitrogens with zero attached hydrogens (tertiary/aromatic N) is 5. The van der Waals surface area contributed by atoms with Gasteiger partial charge in [-0.2, -0.15) is 8.42 Å². The van der Waals surface area contributed by atoms with Gasteiger partial charge in [0, 0.05) is 47.4 Å². The molecule has 0 saturated carbocycles. The fraction of sp³-hybridized carbons (Fsp3) is 0.407. The van der Waals surface area contributed by atoms with E-state index in [4.69, 9.17) is 36.9 Å². The Balaban J connectivity index is 1.52. The first-order valence-corrected chi connectivity index (χ1v) is 15.3. The summed E-state index contributed by atoms with van der Waals surface area (Å²) in [6, 6.07) is 6.67. The highest BCUT2D eigenvalue weighted by atomic mass is 35.5. The monoisotopic (exact) mass is 623 g/mol. The van der Waals surface area contributed by atoms with Crippen LogP contribution in [0.1, 0.15) is 31.9 Å². The lowest BCUT2D eigenvalue weighted by Crippen LogP contribution is -2.50. The molecule has 41 heavy (non-hydrogen) atoms. The minimum atomic E-state index is -3.69. The van der Waals surface area contributed by atoms with Gasteiger partial charge in [-0.25, -0.2) is 19.7 Å². The highest BCUT2D eigenvalue weighted by Gasteiger charge is 2.26. The number of pyridine rings is 1. The summed E-state index contributed by atoms with van der Waals surface area (Å²) in [7, 11) is -3.69. The van der Waals surface area contributed by atoms with Crippen LogP contribution in [0.15, 0.2) is 36.7 Å². The van der Waals surface area contributed by atoms with Crippen LogP contribution in [-0.2, 0) is 25.6 Å². The fourth-order valence-corrected chi connectivity index (χ4v) is 4.84. The molecule has 220 valence electrons. The van der Waals surface area contributed by atoms with E-state index in [-0.39, 0.29) is 24.5 Å². The van der Waals surface area contributed by atoms with Crippen molar-refractivity contribution in [2.45, 2.75) is 39.9 Å². The first kappa shape index (κ1) is 30.8. The molecule has 0 N–H and O–H groups in total. The molecular formula is C27H31Cl2N5O6S. The molecule has 0 radical (unpaired) electrons. The van der Waals surface area contributed by atoms with Crippen LogP contribution in [-0.4, -0.2) is 72.4 Å². The Morgan fingerprint density at radius 2 is 1.66 bits per heavy atom. The second-order valence-electron chi connectivity index (χ2n) is 10.5. The first-order chi connectivity index (χ1) is 19.2. The van der Waals surface area contributed by atoms with Crippen molar-refractivity contribution in [3.8, 4) is 23.0 Å². The molecule has 0 atom stereocenters. The minimum Gasteiger partial charge on any atom is -0.444 e. The predicted octanol–water partition coefficient (Wildman–Crippen LogP) is 5.48. The molecule has 0 bridgehead atoms. The standard InChI is InChI=1S/C27H31Cl2N5O6S/c1-17-19(16-38-41(5,36)37)12-22(18-10-20(28)13-21(29)11-18)32-25(17)39-24-15-30-23(14-31-24)33-6-8-34(9-7-33)26(35)40-27(2,3)4/h10-15H,6-9,16H2,1-5H3. The van der Waals surface area contributed by atoms with E-state index in [0.29, 0.717) is 64.4 Å². The number of hydrogen-bond donors (Lipinski definition) is 0. The minimum absolute atomic E-state index is 0.188. The van der Waals surface area contributed by atoms with Crippen molar-refractivity contribution >= 4 is 45.2 Å². The van der Waals surface area contributed by atoms with E-state index in [2.05, 4.69) is 15.0 Å². The largest absolute Gasteiger partial charge is 0.444 e. The Morgan fingerprint density at radius 3 is 2.22 bits per heavy atom. The van der Waals surface area contributed by atoms with Crippen LogP contribution >= 0.6 is 23.2 Å². The number of halogens is 2. The van der Waals surface area contributed by atoms with Crippen LogP contribution < -0.4 is 9.64 Å². The van der Waals surface area contributed by atoms with Crippen molar-refractivity contribution in [1.29, 1.82) is 0 Å². The zero-order chi connectivity index (χ0) is 29.9. The van der Waals surface area contributed by atoms with Gasteiger partial charge in [0.15, 0.2) is 0 Å². The smallest absolute Gasteiger partial charge is 0.410 e. The Hall–Kier alpha value is -3.19. The Morgan fingerprint density at radius 1 is 1.00 bits per heavy atom. The molecule has 0 unspecified atom stereocenters. The van der Waals surface area contributed by atoms with E-state index < -0.39 is 15.7 Å². The average molecular weight is 625 g/mol. The van der Waals surface area contributed by atoms with Gasteiger partial charge in [0.25, 0.3) is 10.1 Å². The van der Waals surface area contributed by atoms with E-state index in [9.17, 15) is 13.2 Å². The second-order valence-corrected chi connectivity index (χ2v) is 13.0. The highest BCUT2D eigenvalue weighted by Crippen LogP contribution is 2.32. The maximum atomic E-state index is 12.3. The lowest BCUT2D eigenvalue weighted by Gasteiger charge is -2.36. The lowest BCUT2D eigenvalue weighted by molar-refractivity contribution is 0.0240. The Bertz CT molecular complexity index is 1500. The van der Waals surface area contributed by atoms with Gasteiger partial charge in [0.05, 0.1) is 31.0 Å². The van der Waals surface area contributed by atoms with Gasteiger partial charge in [-0.05, 0) is 57.5 Å². The zero-order valence-corrected chi connectivity index (χ0v) is 25.7. The maximum Gasteiger partial charge on any atom is 0.410 e.